The Kier molecular flexibility index (Phi) is 4.67. The van der Waals surface area contributed by atoms with Crippen molar-refractivity contribution in [2.45, 2.75) is 31.7 Å². The van der Waals surface area contributed by atoms with E-state index in [0.29, 0.717) is 17.5 Å². The molecule has 1 saturated heterocycles. The van der Waals surface area contributed by atoms with Crippen molar-refractivity contribution in [3.8, 4) is 5.75 Å². The van der Waals surface area contributed by atoms with Crippen LogP contribution in [0.3, 0.4) is 0 Å². The Morgan fingerprint density at radius 2 is 2.00 bits per heavy atom. The molecule has 1 aliphatic carbocycles. The Labute approximate surface area is 132 Å². The topological polar surface area (TPSA) is 41.6 Å². The third kappa shape index (κ3) is 3.27. The van der Waals surface area contributed by atoms with Gasteiger partial charge in [-0.1, -0.05) is 6.42 Å². The van der Waals surface area contributed by atoms with Gasteiger partial charge in [-0.25, -0.2) is 0 Å². The van der Waals surface area contributed by atoms with Gasteiger partial charge in [-0.15, -0.1) is 0 Å². The van der Waals surface area contributed by atoms with E-state index in [-0.39, 0.29) is 5.91 Å². The molecule has 1 saturated carbocycles. The fourth-order valence-corrected chi connectivity index (χ4v) is 4.00. The number of piperidine rings is 1. The first-order chi connectivity index (χ1) is 10.7. The molecule has 1 amide bonds. The van der Waals surface area contributed by atoms with Crippen molar-refractivity contribution in [1.29, 1.82) is 0 Å². The van der Waals surface area contributed by atoms with Crippen molar-refractivity contribution >= 4 is 5.91 Å². The maximum absolute atomic E-state index is 12.5. The second kappa shape index (κ2) is 6.69. The van der Waals surface area contributed by atoms with Crippen molar-refractivity contribution < 1.29 is 9.53 Å². The number of rotatable bonds is 3. The summed E-state index contributed by atoms with van der Waals surface area (Å²) in [4.78, 5) is 14.9. The van der Waals surface area contributed by atoms with Gasteiger partial charge in [-0.3, -0.25) is 4.79 Å². The number of likely N-dealkylation sites (tertiary alicyclic amines) is 1. The van der Waals surface area contributed by atoms with Gasteiger partial charge >= 0.3 is 0 Å². The molecule has 0 bridgehead atoms. The fraction of sp³-hybridized carbons (Fsp3) is 0.611. The summed E-state index contributed by atoms with van der Waals surface area (Å²) < 4.78 is 5.14. The molecule has 0 unspecified atom stereocenters. The van der Waals surface area contributed by atoms with Crippen LogP contribution in [-0.4, -0.2) is 44.1 Å². The standard InChI is InChI=1S/C18H26N2O2/c1-20-11-10-13-4-3-5-17(16(13)12-20)19-18(21)14-6-8-15(22-2)9-7-14/h6-9,13,16-17H,3-5,10-12H2,1-2H3,(H,19,21)/t13-,16-,17-/m1/s1. The number of hydrogen-bond donors (Lipinski definition) is 1. The van der Waals surface area contributed by atoms with Gasteiger partial charge in [0.25, 0.3) is 5.91 Å². The number of amides is 1. The van der Waals surface area contributed by atoms with Gasteiger partial charge in [0.05, 0.1) is 7.11 Å². The van der Waals surface area contributed by atoms with Crippen LogP contribution < -0.4 is 10.1 Å². The zero-order valence-electron chi connectivity index (χ0n) is 13.5. The first-order valence-electron chi connectivity index (χ1n) is 8.31. The van der Waals surface area contributed by atoms with Crippen LogP contribution in [0.2, 0.25) is 0 Å². The van der Waals surface area contributed by atoms with Crippen LogP contribution in [0.1, 0.15) is 36.0 Å². The largest absolute Gasteiger partial charge is 0.497 e. The van der Waals surface area contributed by atoms with Crippen molar-refractivity contribution in [3.05, 3.63) is 29.8 Å². The van der Waals surface area contributed by atoms with Crippen LogP contribution in [0.25, 0.3) is 0 Å². The molecular formula is C18H26N2O2. The van der Waals surface area contributed by atoms with Crippen LogP contribution in [0.4, 0.5) is 0 Å². The van der Waals surface area contributed by atoms with Gasteiger partial charge < -0.3 is 15.0 Å². The van der Waals surface area contributed by atoms with E-state index in [1.54, 1.807) is 7.11 Å². The maximum Gasteiger partial charge on any atom is 0.251 e. The van der Waals surface area contributed by atoms with Gasteiger partial charge in [0.2, 0.25) is 0 Å². The minimum Gasteiger partial charge on any atom is -0.497 e. The van der Waals surface area contributed by atoms with E-state index in [1.807, 2.05) is 24.3 Å². The number of nitrogens with zero attached hydrogens (tertiary/aromatic N) is 1. The SMILES string of the molecule is COc1ccc(C(=O)N[C@@H]2CCC[C@@H]3CCN(C)C[C@H]32)cc1. The molecule has 1 aliphatic heterocycles. The van der Waals surface area contributed by atoms with Crippen molar-refractivity contribution in [3.63, 3.8) is 0 Å². The predicted octanol–water partition coefficient (Wildman–Crippen LogP) is 2.55. The summed E-state index contributed by atoms with van der Waals surface area (Å²) >= 11 is 0. The van der Waals surface area contributed by atoms with E-state index in [4.69, 9.17) is 4.74 Å². The lowest BCUT2D eigenvalue weighted by molar-refractivity contribution is 0.0650. The summed E-state index contributed by atoms with van der Waals surface area (Å²) in [5.74, 6) is 2.21. The maximum atomic E-state index is 12.5. The fourth-order valence-electron chi connectivity index (χ4n) is 4.00. The van der Waals surface area contributed by atoms with Crippen molar-refractivity contribution in [2.75, 3.05) is 27.2 Å². The third-order valence-corrected chi connectivity index (χ3v) is 5.29. The van der Waals surface area contributed by atoms with Crippen molar-refractivity contribution in [2.24, 2.45) is 11.8 Å². The first kappa shape index (κ1) is 15.3. The Balaban J connectivity index is 1.66. The lowest BCUT2D eigenvalue weighted by Gasteiger charge is -2.44. The number of carbonyl (C=O) groups excluding carboxylic acids is 1. The molecule has 1 heterocycles. The molecule has 4 nitrogen and oxygen atoms in total. The molecule has 22 heavy (non-hydrogen) atoms. The molecule has 1 aromatic rings. The van der Waals surface area contributed by atoms with Gasteiger partial charge in [0.15, 0.2) is 0 Å². The molecular weight excluding hydrogens is 276 g/mol. The summed E-state index contributed by atoms with van der Waals surface area (Å²) in [5.41, 5.74) is 0.715. The van der Waals surface area contributed by atoms with Crippen LogP contribution >= 0.6 is 0 Å². The average molecular weight is 302 g/mol. The monoisotopic (exact) mass is 302 g/mol. The first-order valence-corrected chi connectivity index (χ1v) is 8.31. The molecule has 120 valence electrons. The summed E-state index contributed by atoms with van der Waals surface area (Å²) in [6.07, 6.45) is 4.94. The zero-order chi connectivity index (χ0) is 15.5. The second-order valence-corrected chi connectivity index (χ2v) is 6.71. The summed E-state index contributed by atoms with van der Waals surface area (Å²) in [7, 11) is 3.82. The lowest BCUT2D eigenvalue weighted by atomic mass is 9.72. The number of fused-ring (bicyclic) bond motifs is 1. The minimum absolute atomic E-state index is 0.0431. The molecule has 3 atom stereocenters. The lowest BCUT2D eigenvalue weighted by Crippen LogP contribution is -2.52. The molecule has 1 N–H and O–H groups in total. The Morgan fingerprint density at radius 1 is 1.23 bits per heavy atom. The molecule has 0 radical (unpaired) electrons. The summed E-state index contributed by atoms with van der Waals surface area (Å²) in [6, 6.07) is 7.67. The molecule has 2 aliphatic rings. The van der Waals surface area contributed by atoms with Gasteiger partial charge in [0, 0.05) is 18.2 Å². The molecule has 0 spiro atoms. The minimum atomic E-state index is 0.0431. The Bertz CT molecular complexity index is 514. The highest BCUT2D eigenvalue weighted by Crippen LogP contribution is 2.36. The van der Waals surface area contributed by atoms with Crippen LogP contribution in [-0.2, 0) is 0 Å². The zero-order valence-corrected chi connectivity index (χ0v) is 13.5. The van der Waals surface area contributed by atoms with Crippen LogP contribution in [0.15, 0.2) is 24.3 Å². The summed E-state index contributed by atoms with van der Waals surface area (Å²) in [6.45, 7) is 2.30. The van der Waals surface area contributed by atoms with E-state index in [9.17, 15) is 4.79 Å². The number of hydrogen-bond acceptors (Lipinski definition) is 3. The molecule has 4 heteroatoms. The molecule has 2 fully saturated rings. The molecule has 0 aromatic heterocycles. The number of carbonyl (C=O) groups is 1. The van der Waals surface area contributed by atoms with E-state index in [0.717, 1.165) is 24.6 Å². The molecule has 1 aromatic carbocycles. The Hall–Kier alpha value is -1.55. The smallest absolute Gasteiger partial charge is 0.251 e. The predicted molar refractivity (Wildman–Crippen MR) is 87.2 cm³/mol. The number of nitrogens with one attached hydrogen (secondary N) is 1. The number of methoxy groups -OCH3 is 1. The van der Waals surface area contributed by atoms with Gasteiger partial charge in [-0.2, -0.15) is 0 Å². The van der Waals surface area contributed by atoms with Crippen LogP contribution in [0, 0.1) is 11.8 Å². The summed E-state index contributed by atoms with van der Waals surface area (Å²) in [5, 5.41) is 3.29. The molecule has 3 rings (SSSR count). The van der Waals surface area contributed by atoms with E-state index in [2.05, 4.69) is 17.3 Å². The second-order valence-electron chi connectivity index (χ2n) is 6.71. The number of ether oxygens (including phenoxy) is 1. The average Bonchev–Trinajstić information content (AvgIpc) is 2.55. The van der Waals surface area contributed by atoms with Crippen LogP contribution in [0.5, 0.6) is 5.75 Å². The van der Waals surface area contributed by atoms with Gasteiger partial charge in [-0.05, 0) is 69.0 Å². The van der Waals surface area contributed by atoms with Gasteiger partial charge in [0.1, 0.15) is 5.75 Å². The van der Waals surface area contributed by atoms with E-state index >= 15 is 0 Å². The van der Waals surface area contributed by atoms with E-state index in [1.165, 1.54) is 25.8 Å². The van der Waals surface area contributed by atoms with E-state index < -0.39 is 0 Å². The van der Waals surface area contributed by atoms with Crippen molar-refractivity contribution in [1.82, 2.24) is 10.2 Å². The normalized spacial score (nSPS) is 28.7. The highest BCUT2D eigenvalue weighted by Gasteiger charge is 2.37. The third-order valence-electron chi connectivity index (χ3n) is 5.29. The highest BCUT2D eigenvalue weighted by molar-refractivity contribution is 5.94. The Morgan fingerprint density at radius 3 is 2.73 bits per heavy atom. The highest BCUT2D eigenvalue weighted by atomic mass is 16.5. The number of benzene rings is 1. The quantitative estimate of drug-likeness (QED) is 0.933.